The topological polar surface area (TPSA) is 58.2 Å². The van der Waals surface area contributed by atoms with Crippen molar-refractivity contribution in [3.05, 3.63) is 70.4 Å². The molecule has 0 spiro atoms. The van der Waals surface area contributed by atoms with Crippen molar-refractivity contribution in [1.29, 1.82) is 0 Å². The van der Waals surface area contributed by atoms with Crippen LogP contribution < -0.4 is 0 Å². The molecular formula is C21H20ClN3O2S. The van der Waals surface area contributed by atoms with Crippen molar-refractivity contribution in [2.24, 2.45) is 0 Å². The lowest BCUT2D eigenvalue weighted by Gasteiger charge is -2.26. The predicted molar refractivity (Wildman–Crippen MR) is 112 cm³/mol. The molecule has 0 saturated heterocycles. The molecule has 144 valence electrons. The van der Waals surface area contributed by atoms with Crippen LogP contribution in [0.15, 0.2) is 53.4 Å². The first-order valence-corrected chi connectivity index (χ1v) is 10.5. The van der Waals surface area contributed by atoms with E-state index >= 15 is 0 Å². The fourth-order valence-corrected chi connectivity index (χ4v) is 4.11. The maximum Gasteiger partial charge on any atom is 0.273 e. The van der Waals surface area contributed by atoms with Crippen molar-refractivity contribution in [1.82, 2.24) is 15.1 Å². The minimum absolute atomic E-state index is 0.0568. The lowest BCUT2D eigenvalue weighted by molar-refractivity contribution is 0.0677. The number of hydrogen-bond donors (Lipinski definition) is 1. The number of thioether (sulfide) groups is 1. The second kappa shape index (κ2) is 7.99. The summed E-state index contributed by atoms with van der Waals surface area (Å²) in [4.78, 5) is 16.1. The number of ether oxygens (including phenoxy) is 1. The normalized spacial score (nSPS) is 15.9. The second-order valence-electron chi connectivity index (χ2n) is 6.53. The molecule has 0 bridgehead atoms. The number of halogens is 1. The summed E-state index contributed by atoms with van der Waals surface area (Å²) in [5.74, 6) is -0.0568. The maximum absolute atomic E-state index is 13.1. The summed E-state index contributed by atoms with van der Waals surface area (Å²) in [6.07, 6.45) is 2.05. The lowest BCUT2D eigenvalue weighted by Crippen LogP contribution is -2.32. The number of aromatic nitrogens is 2. The molecular weight excluding hydrogens is 394 g/mol. The zero-order valence-electron chi connectivity index (χ0n) is 15.6. The van der Waals surface area contributed by atoms with Crippen LogP contribution in [0.1, 0.15) is 27.7 Å². The highest BCUT2D eigenvalue weighted by Crippen LogP contribution is 2.42. The van der Waals surface area contributed by atoms with Gasteiger partial charge in [-0.15, -0.1) is 11.8 Å². The molecule has 28 heavy (non-hydrogen) atoms. The number of carbonyl (C=O) groups is 1. The van der Waals surface area contributed by atoms with Crippen molar-refractivity contribution < 1.29 is 9.53 Å². The van der Waals surface area contributed by atoms with Crippen molar-refractivity contribution in [2.75, 3.05) is 26.5 Å². The first-order valence-electron chi connectivity index (χ1n) is 8.92. The van der Waals surface area contributed by atoms with E-state index < -0.39 is 0 Å². The molecule has 5 nitrogen and oxygen atoms in total. The Bertz CT molecular complexity index is 986. The van der Waals surface area contributed by atoms with Gasteiger partial charge in [0.25, 0.3) is 5.91 Å². The number of benzene rings is 2. The minimum Gasteiger partial charge on any atom is -0.383 e. The Balaban J connectivity index is 1.83. The minimum atomic E-state index is -0.210. The summed E-state index contributed by atoms with van der Waals surface area (Å²) in [6, 6.07) is 15.6. The molecule has 2 heterocycles. The number of rotatable bonds is 6. The number of amides is 1. The molecule has 0 radical (unpaired) electrons. The molecule has 3 aromatic rings. The third-order valence-corrected chi connectivity index (χ3v) is 5.94. The van der Waals surface area contributed by atoms with Crippen molar-refractivity contribution in [2.45, 2.75) is 10.9 Å². The average molecular weight is 414 g/mol. The third-order valence-electron chi connectivity index (χ3n) is 4.95. The Hall–Kier alpha value is -2.28. The molecule has 1 aromatic heterocycles. The summed E-state index contributed by atoms with van der Waals surface area (Å²) in [5, 5.41) is 8.08. The van der Waals surface area contributed by atoms with Gasteiger partial charge in [0.15, 0.2) is 0 Å². The second-order valence-corrected chi connectivity index (χ2v) is 7.85. The van der Waals surface area contributed by atoms with E-state index in [2.05, 4.69) is 34.5 Å². The van der Waals surface area contributed by atoms with Gasteiger partial charge in [0.2, 0.25) is 0 Å². The van der Waals surface area contributed by atoms with Crippen LogP contribution in [0.4, 0.5) is 0 Å². The molecule has 1 amide bonds. The Kier molecular flexibility index (Phi) is 5.44. The quantitative estimate of drug-likeness (QED) is 0.598. The summed E-state index contributed by atoms with van der Waals surface area (Å²) in [6.45, 7) is 0.978. The fourth-order valence-electron chi connectivity index (χ4n) is 3.58. The molecule has 4 rings (SSSR count). The molecule has 2 aromatic carbocycles. The molecule has 7 heteroatoms. The van der Waals surface area contributed by atoms with Gasteiger partial charge < -0.3 is 9.64 Å². The summed E-state index contributed by atoms with van der Waals surface area (Å²) >= 11 is 7.73. The fraction of sp³-hybridized carbons (Fsp3) is 0.238. The van der Waals surface area contributed by atoms with Crippen LogP contribution in [0.5, 0.6) is 0 Å². The summed E-state index contributed by atoms with van der Waals surface area (Å²) < 4.78 is 5.24. The van der Waals surface area contributed by atoms with E-state index in [4.69, 9.17) is 16.3 Å². The zero-order chi connectivity index (χ0) is 19.7. The molecule has 1 N–H and O–H groups in total. The summed E-state index contributed by atoms with van der Waals surface area (Å²) in [7, 11) is 1.64. The van der Waals surface area contributed by atoms with E-state index in [0.29, 0.717) is 23.9 Å². The van der Waals surface area contributed by atoms with E-state index in [9.17, 15) is 4.79 Å². The van der Waals surface area contributed by atoms with E-state index in [1.165, 1.54) is 4.90 Å². The van der Waals surface area contributed by atoms with E-state index in [1.807, 2.05) is 35.4 Å². The molecule has 1 atom stereocenters. The standard InChI is InChI=1S/C21H20ClN3O2S/c1-27-12-11-25-20(14-5-9-16(28-2)10-6-14)17-18(23-24-19(17)21(25)26)13-3-7-15(22)8-4-13/h3-10,20H,11-12H2,1-2H3,(H,23,24). The van der Waals surface area contributed by atoms with Gasteiger partial charge in [-0.25, -0.2) is 0 Å². The smallest absolute Gasteiger partial charge is 0.273 e. The van der Waals surface area contributed by atoms with Gasteiger partial charge in [-0.3, -0.25) is 9.89 Å². The first-order chi connectivity index (χ1) is 13.6. The molecule has 1 unspecified atom stereocenters. The predicted octanol–water partition coefficient (Wildman–Crippen LogP) is 4.64. The average Bonchev–Trinajstić information content (AvgIpc) is 3.26. The number of aromatic amines is 1. The van der Waals surface area contributed by atoms with Gasteiger partial charge in [-0.2, -0.15) is 5.10 Å². The molecule has 1 aliphatic rings. The van der Waals surface area contributed by atoms with Crippen molar-refractivity contribution >= 4 is 29.3 Å². The number of fused-ring (bicyclic) bond motifs is 1. The Morgan fingerprint density at radius 1 is 1.18 bits per heavy atom. The van der Waals surface area contributed by atoms with Gasteiger partial charge in [0.05, 0.1) is 18.3 Å². The van der Waals surface area contributed by atoms with Crippen molar-refractivity contribution in [3.63, 3.8) is 0 Å². The van der Waals surface area contributed by atoms with Gasteiger partial charge in [-0.05, 0) is 36.1 Å². The van der Waals surface area contributed by atoms with E-state index in [1.54, 1.807) is 18.9 Å². The van der Waals surface area contributed by atoms with Crippen LogP contribution in [-0.2, 0) is 4.74 Å². The number of nitrogens with one attached hydrogen (secondary N) is 1. The maximum atomic E-state index is 13.1. The zero-order valence-corrected chi connectivity index (χ0v) is 17.2. The van der Waals surface area contributed by atoms with E-state index in [-0.39, 0.29) is 11.9 Å². The molecule has 0 aliphatic carbocycles. The molecule has 0 fully saturated rings. The highest BCUT2D eigenvalue weighted by atomic mass is 35.5. The van der Waals surface area contributed by atoms with Crippen LogP contribution in [0.2, 0.25) is 5.02 Å². The monoisotopic (exact) mass is 413 g/mol. The van der Waals surface area contributed by atoms with Gasteiger partial charge in [0.1, 0.15) is 5.69 Å². The number of methoxy groups -OCH3 is 1. The van der Waals surface area contributed by atoms with Crippen LogP contribution >= 0.6 is 23.4 Å². The largest absolute Gasteiger partial charge is 0.383 e. The first kappa shape index (κ1) is 19.1. The summed E-state index contributed by atoms with van der Waals surface area (Å²) in [5.41, 5.74) is 4.20. The Morgan fingerprint density at radius 3 is 2.54 bits per heavy atom. The van der Waals surface area contributed by atoms with E-state index in [0.717, 1.165) is 22.4 Å². The number of carbonyl (C=O) groups excluding carboxylic acids is 1. The van der Waals surface area contributed by atoms with Gasteiger partial charge >= 0.3 is 0 Å². The molecule has 0 saturated carbocycles. The number of nitrogens with zero attached hydrogens (tertiary/aromatic N) is 2. The van der Waals surface area contributed by atoms with Crippen LogP contribution in [-0.4, -0.2) is 47.5 Å². The highest BCUT2D eigenvalue weighted by molar-refractivity contribution is 7.98. The molecule has 1 aliphatic heterocycles. The van der Waals surface area contributed by atoms with Crippen LogP contribution in [0.3, 0.4) is 0 Å². The Labute approximate surface area is 173 Å². The highest BCUT2D eigenvalue weighted by Gasteiger charge is 2.41. The Morgan fingerprint density at radius 2 is 1.89 bits per heavy atom. The lowest BCUT2D eigenvalue weighted by atomic mass is 9.96. The van der Waals surface area contributed by atoms with Gasteiger partial charge in [0, 0.05) is 34.7 Å². The SMILES string of the molecule is COCCN1C(=O)c2[nH]nc(-c3ccc(Cl)cc3)c2C1c1ccc(SC)cc1. The third kappa shape index (κ3) is 3.32. The van der Waals surface area contributed by atoms with Crippen molar-refractivity contribution in [3.8, 4) is 11.3 Å². The van der Waals surface area contributed by atoms with Gasteiger partial charge in [-0.1, -0.05) is 35.9 Å². The van der Waals surface area contributed by atoms with Crippen LogP contribution in [0, 0.1) is 0 Å². The number of H-pyrrole nitrogens is 1. The number of hydrogen-bond acceptors (Lipinski definition) is 4. The van der Waals surface area contributed by atoms with Crippen LogP contribution in [0.25, 0.3) is 11.3 Å².